The van der Waals surface area contributed by atoms with Gasteiger partial charge >= 0.3 is 0 Å². The Labute approximate surface area is 147 Å². The number of hydrogen-bond acceptors (Lipinski definition) is 3. The van der Waals surface area contributed by atoms with Crippen molar-refractivity contribution in [3.05, 3.63) is 58.6 Å². The molecule has 0 fully saturated rings. The fraction of sp³-hybridized carbons (Fsp3) is 0.316. The molecule has 1 N–H and O–H groups in total. The molecule has 0 heterocycles. The molecule has 0 aliphatic rings. The molecular weight excluding hydrogens is 326 g/mol. The van der Waals surface area contributed by atoms with E-state index >= 15 is 0 Å². The fourth-order valence-electron chi connectivity index (χ4n) is 2.31. The van der Waals surface area contributed by atoms with Crippen molar-refractivity contribution in [2.45, 2.75) is 26.8 Å². The molecule has 1 amide bonds. The molecule has 0 bridgehead atoms. The van der Waals surface area contributed by atoms with Crippen LogP contribution >= 0.6 is 11.6 Å². The number of benzene rings is 2. The highest BCUT2D eigenvalue weighted by molar-refractivity contribution is 6.30. The summed E-state index contributed by atoms with van der Waals surface area (Å²) in [7, 11) is 0. The molecule has 0 saturated heterocycles. The van der Waals surface area contributed by atoms with E-state index in [0.29, 0.717) is 35.3 Å². The van der Waals surface area contributed by atoms with Gasteiger partial charge in [0.15, 0.2) is 11.5 Å². The summed E-state index contributed by atoms with van der Waals surface area (Å²) in [5.74, 6) is 1.05. The van der Waals surface area contributed by atoms with Gasteiger partial charge in [0.05, 0.1) is 19.3 Å². The summed E-state index contributed by atoms with van der Waals surface area (Å²) in [6, 6.07) is 12.5. The highest BCUT2D eigenvalue weighted by Crippen LogP contribution is 2.28. The molecule has 0 unspecified atom stereocenters. The quantitative estimate of drug-likeness (QED) is 0.794. The Balaban J connectivity index is 2.13. The van der Waals surface area contributed by atoms with E-state index in [0.717, 1.165) is 5.56 Å². The van der Waals surface area contributed by atoms with Crippen molar-refractivity contribution in [1.82, 2.24) is 5.32 Å². The van der Waals surface area contributed by atoms with Gasteiger partial charge in [0.2, 0.25) is 0 Å². The lowest BCUT2D eigenvalue weighted by atomic mass is 10.1. The molecule has 1 atom stereocenters. The predicted molar refractivity (Wildman–Crippen MR) is 96.1 cm³/mol. The molecule has 2 aromatic rings. The molecule has 4 nitrogen and oxygen atoms in total. The number of nitrogens with one attached hydrogen (secondary N) is 1. The van der Waals surface area contributed by atoms with Crippen LogP contribution in [0.25, 0.3) is 0 Å². The summed E-state index contributed by atoms with van der Waals surface area (Å²) in [5.41, 5.74) is 1.52. The third-order valence-corrected chi connectivity index (χ3v) is 3.78. The highest BCUT2D eigenvalue weighted by atomic mass is 35.5. The normalized spacial score (nSPS) is 11.7. The minimum absolute atomic E-state index is 0.128. The number of carbonyl (C=O) groups is 1. The predicted octanol–water partition coefficient (Wildman–Crippen LogP) is 4.63. The van der Waals surface area contributed by atoms with Crippen LogP contribution in [0.15, 0.2) is 42.5 Å². The zero-order valence-electron chi connectivity index (χ0n) is 14.1. The second kappa shape index (κ2) is 8.60. The van der Waals surface area contributed by atoms with Crippen LogP contribution in [0, 0.1) is 0 Å². The van der Waals surface area contributed by atoms with Crippen LogP contribution in [-0.2, 0) is 0 Å². The van der Waals surface area contributed by atoms with Gasteiger partial charge in [-0.25, -0.2) is 0 Å². The summed E-state index contributed by atoms with van der Waals surface area (Å²) in [5, 5.41) is 3.65. The Bertz CT molecular complexity index is 686. The largest absolute Gasteiger partial charge is 0.490 e. The molecule has 0 aromatic heterocycles. The highest BCUT2D eigenvalue weighted by Gasteiger charge is 2.14. The first-order valence-electron chi connectivity index (χ1n) is 8.01. The topological polar surface area (TPSA) is 47.6 Å². The van der Waals surface area contributed by atoms with Crippen LogP contribution in [-0.4, -0.2) is 19.1 Å². The fourth-order valence-corrected chi connectivity index (χ4v) is 2.43. The van der Waals surface area contributed by atoms with E-state index < -0.39 is 0 Å². The van der Waals surface area contributed by atoms with Crippen molar-refractivity contribution in [2.75, 3.05) is 13.2 Å². The second-order valence-electron chi connectivity index (χ2n) is 5.27. The van der Waals surface area contributed by atoms with Crippen molar-refractivity contribution in [2.24, 2.45) is 0 Å². The molecule has 0 saturated carbocycles. The number of amides is 1. The summed E-state index contributed by atoms with van der Waals surface area (Å²) in [4.78, 5) is 12.5. The van der Waals surface area contributed by atoms with Gasteiger partial charge in [-0.2, -0.15) is 0 Å². The Morgan fingerprint density at radius 2 is 1.67 bits per heavy atom. The maximum Gasteiger partial charge on any atom is 0.251 e. The minimum Gasteiger partial charge on any atom is -0.490 e. The van der Waals surface area contributed by atoms with Crippen molar-refractivity contribution in [1.29, 1.82) is 0 Å². The zero-order chi connectivity index (χ0) is 17.5. The number of ether oxygens (including phenoxy) is 2. The summed E-state index contributed by atoms with van der Waals surface area (Å²) in [6.07, 6.45) is 0. The SMILES string of the molecule is CCOc1ccc(C(=O)N[C@H](C)c2ccc(Cl)cc2)cc1OCC. The first-order valence-corrected chi connectivity index (χ1v) is 8.38. The van der Waals surface area contributed by atoms with Crippen molar-refractivity contribution >= 4 is 17.5 Å². The monoisotopic (exact) mass is 347 g/mol. The van der Waals surface area contributed by atoms with Crippen LogP contribution in [0.1, 0.15) is 42.7 Å². The molecule has 0 radical (unpaired) electrons. The van der Waals surface area contributed by atoms with Crippen LogP contribution in [0.5, 0.6) is 11.5 Å². The van der Waals surface area contributed by atoms with Gasteiger partial charge in [-0.15, -0.1) is 0 Å². The smallest absolute Gasteiger partial charge is 0.251 e. The maximum atomic E-state index is 12.5. The zero-order valence-corrected chi connectivity index (χ0v) is 14.9. The first-order chi connectivity index (χ1) is 11.5. The Hall–Kier alpha value is -2.20. The van der Waals surface area contributed by atoms with E-state index in [9.17, 15) is 4.79 Å². The molecule has 128 valence electrons. The van der Waals surface area contributed by atoms with E-state index in [4.69, 9.17) is 21.1 Å². The molecule has 0 aliphatic heterocycles. The van der Waals surface area contributed by atoms with Crippen LogP contribution in [0.3, 0.4) is 0 Å². The lowest BCUT2D eigenvalue weighted by Gasteiger charge is -2.16. The van der Waals surface area contributed by atoms with Crippen LogP contribution in [0.2, 0.25) is 5.02 Å². The van der Waals surface area contributed by atoms with Gasteiger partial charge in [-0.3, -0.25) is 4.79 Å². The van der Waals surface area contributed by atoms with Gasteiger partial charge in [0.1, 0.15) is 0 Å². The van der Waals surface area contributed by atoms with Gasteiger partial charge < -0.3 is 14.8 Å². The van der Waals surface area contributed by atoms with Crippen LogP contribution < -0.4 is 14.8 Å². The minimum atomic E-state index is -0.165. The average Bonchev–Trinajstić information content (AvgIpc) is 2.57. The van der Waals surface area contributed by atoms with Crippen molar-refractivity contribution in [3.8, 4) is 11.5 Å². The lowest BCUT2D eigenvalue weighted by molar-refractivity contribution is 0.0939. The third-order valence-electron chi connectivity index (χ3n) is 3.52. The molecule has 2 aromatic carbocycles. The molecule has 0 spiro atoms. The molecule has 2 rings (SSSR count). The van der Waals surface area contributed by atoms with Gasteiger partial charge in [0.25, 0.3) is 5.91 Å². The molecule has 0 aliphatic carbocycles. The molecule has 5 heteroatoms. The standard InChI is InChI=1S/C19H22ClNO3/c1-4-23-17-11-8-15(12-18(17)24-5-2)19(22)21-13(3)14-6-9-16(20)10-7-14/h6-13H,4-5H2,1-3H3,(H,21,22)/t13-/m1/s1. The van der Waals surface area contributed by atoms with Crippen molar-refractivity contribution < 1.29 is 14.3 Å². The Kier molecular flexibility index (Phi) is 6.50. The summed E-state index contributed by atoms with van der Waals surface area (Å²) < 4.78 is 11.1. The summed E-state index contributed by atoms with van der Waals surface area (Å²) in [6.45, 7) is 6.78. The maximum absolute atomic E-state index is 12.5. The van der Waals surface area contributed by atoms with E-state index in [1.807, 2.05) is 45.0 Å². The second-order valence-corrected chi connectivity index (χ2v) is 5.71. The van der Waals surface area contributed by atoms with E-state index in [1.54, 1.807) is 18.2 Å². The number of hydrogen-bond donors (Lipinski definition) is 1. The molecule has 24 heavy (non-hydrogen) atoms. The summed E-state index contributed by atoms with van der Waals surface area (Å²) >= 11 is 5.89. The number of carbonyl (C=O) groups excluding carboxylic acids is 1. The number of rotatable bonds is 7. The van der Waals surface area contributed by atoms with Gasteiger partial charge in [0, 0.05) is 10.6 Å². The average molecular weight is 348 g/mol. The van der Waals surface area contributed by atoms with E-state index in [-0.39, 0.29) is 11.9 Å². The van der Waals surface area contributed by atoms with Crippen LogP contribution in [0.4, 0.5) is 0 Å². The first kappa shape index (κ1) is 18.1. The Morgan fingerprint density at radius 3 is 2.29 bits per heavy atom. The van der Waals surface area contributed by atoms with Crippen molar-refractivity contribution in [3.63, 3.8) is 0 Å². The third kappa shape index (κ3) is 4.65. The van der Waals surface area contributed by atoms with Gasteiger partial charge in [-0.1, -0.05) is 23.7 Å². The van der Waals surface area contributed by atoms with Gasteiger partial charge in [-0.05, 0) is 56.7 Å². The van der Waals surface area contributed by atoms with E-state index in [2.05, 4.69) is 5.32 Å². The molecular formula is C19H22ClNO3. The number of halogens is 1. The Morgan fingerprint density at radius 1 is 1.04 bits per heavy atom. The lowest BCUT2D eigenvalue weighted by Crippen LogP contribution is -2.26. The van der Waals surface area contributed by atoms with E-state index in [1.165, 1.54) is 0 Å².